The van der Waals surface area contributed by atoms with E-state index in [1.165, 1.54) is 7.11 Å². The van der Waals surface area contributed by atoms with Crippen molar-refractivity contribution >= 4 is 5.97 Å². The summed E-state index contributed by atoms with van der Waals surface area (Å²) in [6.45, 7) is 0. The molecule has 1 aliphatic rings. The van der Waals surface area contributed by atoms with Gasteiger partial charge in [-0.25, -0.2) is 0 Å². The Morgan fingerprint density at radius 3 is 2.93 bits per heavy atom. The lowest BCUT2D eigenvalue weighted by Crippen LogP contribution is -2.28. The molecule has 2 unspecified atom stereocenters. The van der Waals surface area contributed by atoms with Crippen LogP contribution in [0, 0.1) is 5.92 Å². The van der Waals surface area contributed by atoms with Crippen molar-refractivity contribution in [3.05, 3.63) is 35.4 Å². The zero-order valence-electron chi connectivity index (χ0n) is 8.64. The zero-order valence-corrected chi connectivity index (χ0v) is 8.64. The molecule has 1 aromatic carbocycles. The Balaban J connectivity index is 2.29. The molecule has 0 radical (unpaired) electrons. The van der Waals surface area contributed by atoms with Gasteiger partial charge in [-0.2, -0.15) is 0 Å². The summed E-state index contributed by atoms with van der Waals surface area (Å²) in [5.74, 6) is -0.734. The third-order valence-electron chi connectivity index (χ3n) is 2.98. The van der Waals surface area contributed by atoms with Crippen LogP contribution in [0.15, 0.2) is 24.3 Å². The van der Waals surface area contributed by atoms with E-state index in [0.717, 1.165) is 17.5 Å². The Hall–Kier alpha value is -1.35. The monoisotopic (exact) mass is 206 g/mol. The van der Waals surface area contributed by atoms with E-state index in [4.69, 9.17) is 0 Å². The van der Waals surface area contributed by atoms with Crippen LogP contribution in [0.4, 0.5) is 0 Å². The molecule has 0 saturated heterocycles. The van der Waals surface area contributed by atoms with E-state index >= 15 is 0 Å². The molecule has 0 spiro atoms. The summed E-state index contributed by atoms with van der Waals surface area (Å²) in [7, 11) is 1.36. The Kier molecular flexibility index (Phi) is 2.73. The number of carbonyl (C=O) groups is 1. The molecule has 2 rings (SSSR count). The molecule has 15 heavy (non-hydrogen) atoms. The molecule has 0 heterocycles. The van der Waals surface area contributed by atoms with Gasteiger partial charge in [-0.1, -0.05) is 24.3 Å². The van der Waals surface area contributed by atoms with Crippen molar-refractivity contribution in [1.29, 1.82) is 0 Å². The molecule has 3 nitrogen and oxygen atoms in total. The minimum Gasteiger partial charge on any atom is -0.469 e. The molecular formula is C12H14O3. The van der Waals surface area contributed by atoms with Gasteiger partial charge in [-0.15, -0.1) is 0 Å². The smallest absolute Gasteiger partial charge is 0.311 e. The topological polar surface area (TPSA) is 46.5 Å². The summed E-state index contributed by atoms with van der Waals surface area (Å²) >= 11 is 0. The number of benzene rings is 1. The number of rotatable bonds is 1. The molecular weight excluding hydrogens is 192 g/mol. The van der Waals surface area contributed by atoms with Gasteiger partial charge in [0.05, 0.1) is 19.1 Å². The average molecular weight is 206 g/mol. The fourth-order valence-corrected chi connectivity index (χ4v) is 2.13. The molecule has 0 aliphatic heterocycles. The van der Waals surface area contributed by atoms with Gasteiger partial charge in [0.1, 0.15) is 0 Å². The van der Waals surface area contributed by atoms with E-state index in [2.05, 4.69) is 4.74 Å². The van der Waals surface area contributed by atoms with Crippen LogP contribution < -0.4 is 0 Å². The predicted octanol–water partition coefficient (Wildman–Crippen LogP) is 1.46. The Morgan fingerprint density at radius 1 is 1.47 bits per heavy atom. The fourth-order valence-electron chi connectivity index (χ4n) is 2.13. The summed E-state index contributed by atoms with van der Waals surface area (Å²) in [5, 5.41) is 10.0. The number of hydrogen-bond acceptors (Lipinski definition) is 3. The number of fused-ring (bicyclic) bond motifs is 1. The van der Waals surface area contributed by atoms with Crippen LogP contribution in [-0.4, -0.2) is 18.2 Å². The molecule has 0 amide bonds. The summed E-state index contributed by atoms with van der Waals surface area (Å²) in [6, 6.07) is 7.69. The summed E-state index contributed by atoms with van der Waals surface area (Å²) < 4.78 is 4.68. The van der Waals surface area contributed by atoms with Gasteiger partial charge in [0.2, 0.25) is 0 Å². The molecule has 3 heteroatoms. The van der Waals surface area contributed by atoms with Gasteiger partial charge in [0.15, 0.2) is 0 Å². The third-order valence-corrected chi connectivity index (χ3v) is 2.98. The molecule has 80 valence electrons. The van der Waals surface area contributed by atoms with Crippen molar-refractivity contribution < 1.29 is 14.6 Å². The van der Waals surface area contributed by atoms with Gasteiger partial charge in [-0.05, 0) is 24.0 Å². The highest BCUT2D eigenvalue weighted by Gasteiger charge is 2.33. The van der Waals surface area contributed by atoms with Crippen LogP contribution in [0.25, 0.3) is 0 Å². The first kappa shape index (κ1) is 10.2. The SMILES string of the molecule is COC(=O)C1CCc2ccccc2C1O. The Morgan fingerprint density at radius 2 is 2.20 bits per heavy atom. The van der Waals surface area contributed by atoms with Crippen molar-refractivity contribution in [2.24, 2.45) is 5.92 Å². The van der Waals surface area contributed by atoms with Gasteiger partial charge >= 0.3 is 5.97 Å². The molecule has 0 bridgehead atoms. The number of aliphatic hydroxyl groups excluding tert-OH is 1. The van der Waals surface area contributed by atoms with Crippen LogP contribution >= 0.6 is 0 Å². The maximum atomic E-state index is 11.4. The second kappa shape index (κ2) is 4.03. The summed E-state index contributed by atoms with van der Waals surface area (Å²) in [5.41, 5.74) is 1.99. The normalized spacial score (nSPS) is 24.4. The first-order valence-electron chi connectivity index (χ1n) is 5.07. The lowest BCUT2D eigenvalue weighted by Gasteiger charge is -2.27. The number of aliphatic hydroxyl groups is 1. The summed E-state index contributed by atoms with van der Waals surface area (Å²) in [4.78, 5) is 11.4. The van der Waals surface area contributed by atoms with E-state index in [1.807, 2.05) is 24.3 Å². The van der Waals surface area contributed by atoms with Gasteiger partial charge in [0.25, 0.3) is 0 Å². The van der Waals surface area contributed by atoms with Crippen molar-refractivity contribution in [2.75, 3.05) is 7.11 Å². The van der Waals surface area contributed by atoms with Gasteiger partial charge in [0, 0.05) is 0 Å². The van der Waals surface area contributed by atoms with E-state index in [0.29, 0.717) is 6.42 Å². The summed E-state index contributed by atoms with van der Waals surface area (Å²) in [6.07, 6.45) is 0.764. The molecule has 0 fully saturated rings. The first-order valence-corrected chi connectivity index (χ1v) is 5.07. The molecule has 0 saturated carbocycles. The molecule has 1 aromatic rings. The van der Waals surface area contributed by atoms with Crippen molar-refractivity contribution in [3.63, 3.8) is 0 Å². The van der Waals surface area contributed by atoms with Crippen molar-refractivity contribution in [3.8, 4) is 0 Å². The van der Waals surface area contributed by atoms with Gasteiger partial charge in [-0.3, -0.25) is 4.79 Å². The van der Waals surface area contributed by atoms with E-state index in [-0.39, 0.29) is 5.97 Å². The highest BCUT2D eigenvalue weighted by molar-refractivity contribution is 5.73. The zero-order chi connectivity index (χ0) is 10.8. The first-order chi connectivity index (χ1) is 7.24. The van der Waals surface area contributed by atoms with Crippen LogP contribution in [-0.2, 0) is 16.0 Å². The number of hydrogen-bond donors (Lipinski definition) is 1. The largest absolute Gasteiger partial charge is 0.469 e. The van der Waals surface area contributed by atoms with Crippen LogP contribution in [0.5, 0.6) is 0 Å². The second-order valence-corrected chi connectivity index (χ2v) is 3.81. The molecule has 1 aliphatic carbocycles. The molecule has 1 N–H and O–H groups in total. The Bertz CT molecular complexity index is 373. The van der Waals surface area contributed by atoms with E-state index in [1.54, 1.807) is 0 Å². The highest BCUT2D eigenvalue weighted by atomic mass is 16.5. The molecule has 0 aromatic heterocycles. The van der Waals surface area contributed by atoms with Crippen LogP contribution in [0.3, 0.4) is 0 Å². The average Bonchev–Trinajstić information content (AvgIpc) is 2.29. The predicted molar refractivity (Wildman–Crippen MR) is 55.2 cm³/mol. The number of aryl methyl sites for hydroxylation is 1. The van der Waals surface area contributed by atoms with E-state index in [9.17, 15) is 9.90 Å². The number of esters is 1. The maximum Gasteiger partial charge on any atom is 0.311 e. The maximum absolute atomic E-state index is 11.4. The van der Waals surface area contributed by atoms with Crippen molar-refractivity contribution in [1.82, 2.24) is 0 Å². The minimum absolute atomic E-state index is 0.322. The number of carbonyl (C=O) groups excluding carboxylic acids is 1. The Labute approximate surface area is 88.7 Å². The third kappa shape index (κ3) is 1.75. The number of methoxy groups -OCH3 is 1. The number of ether oxygens (including phenoxy) is 1. The minimum atomic E-state index is -0.720. The second-order valence-electron chi connectivity index (χ2n) is 3.81. The van der Waals surface area contributed by atoms with Crippen molar-refractivity contribution in [2.45, 2.75) is 18.9 Å². The fraction of sp³-hybridized carbons (Fsp3) is 0.417. The highest BCUT2D eigenvalue weighted by Crippen LogP contribution is 2.34. The quantitative estimate of drug-likeness (QED) is 0.707. The van der Waals surface area contributed by atoms with Gasteiger partial charge < -0.3 is 9.84 Å². The standard InChI is InChI=1S/C12H14O3/c1-15-12(14)10-7-6-8-4-2-3-5-9(8)11(10)13/h2-5,10-11,13H,6-7H2,1H3. The van der Waals surface area contributed by atoms with Crippen LogP contribution in [0.1, 0.15) is 23.7 Å². The molecule has 2 atom stereocenters. The van der Waals surface area contributed by atoms with E-state index < -0.39 is 12.0 Å². The van der Waals surface area contributed by atoms with Crippen LogP contribution in [0.2, 0.25) is 0 Å². The lowest BCUT2D eigenvalue weighted by molar-refractivity contribution is -0.150. The lowest BCUT2D eigenvalue weighted by atomic mass is 9.81.